The molecule has 0 radical (unpaired) electrons. The molecule has 1 unspecified atom stereocenters. The number of para-hydroxylation sites is 1. The Kier molecular flexibility index (Phi) is 6.05. The highest BCUT2D eigenvalue weighted by molar-refractivity contribution is 7.99. The number of anilines is 2. The number of unbranched alkanes of at least 4 members (excludes halogenated alkanes) is 1. The van der Waals surface area contributed by atoms with Crippen molar-refractivity contribution in [3.8, 4) is 0 Å². The molecule has 25 heavy (non-hydrogen) atoms. The van der Waals surface area contributed by atoms with E-state index >= 15 is 0 Å². The standard InChI is InChI=1S/C21H29N3S/c1-16(23(2)3)15-24-18-9-4-5-10-20(18)25-21-14-17(8-6-7-13-22)11-12-19(21)24/h4-5,9-12,14,16H,6-8,13,15,22H2,1-3H3. The van der Waals surface area contributed by atoms with Crippen LogP contribution in [0.3, 0.4) is 0 Å². The van der Waals surface area contributed by atoms with Crippen molar-refractivity contribution in [2.45, 2.75) is 42.0 Å². The summed E-state index contributed by atoms with van der Waals surface area (Å²) in [7, 11) is 4.30. The van der Waals surface area contributed by atoms with Crippen LogP contribution in [0.1, 0.15) is 25.3 Å². The lowest BCUT2D eigenvalue weighted by molar-refractivity contribution is 0.319. The Balaban J connectivity index is 1.91. The zero-order valence-electron chi connectivity index (χ0n) is 15.5. The van der Waals surface area contributed by atoms with E-state index in [9.17, 15) is 0 Å². The number of fused-ring (bicyclic) bond motifs is 2. The summed E-state index contributed by atoms with van der Waals surface area (Å²) in [6.45, 7) is 4.05. The van der Waals surface area contributed by atoms with Crippen LogP contribution in [0, 0.1) is 0 Å². The van der Waals surface area contributed by atoms with Gasteiger partial charge >= 0.3 is 0 Å². The van der Waals surface area contributed by atoms with E-state index < -0.39 is 0 Å². The Labute approximate surface area is 156 Å². The molecule has 0 aromatic heterocycles. The van der Waals surface area contributed by atoms with E-state index in [4.69, 9.17) is 5.73 Å². The predicted octanol–water partition coefficient (Wildman–Crippen LogP) is 4.52. The molecule has 1 heterocycles. The second-order valence-corrected chi connectivity index (χ2v) is 8.12. The molecule has 2 N–H and O–H groups in total. The number of hydrogen-bond donors (Lipinski definition) is 1. The minimum Gasteiger partial charge on any atom is -0.338 e. The van der Waals surface area contributed by atoms with Gasteiger partial charge in [-0.05, 0) is 76.7 Å². The fraction of sp³-hybridized carbons (Fsp3) is 0.429. The number of hydrogen-bond acceptors (Lipinski definition) is 4. The quantitative estimate of drug-likeness (QED) is 0.740. The minimum absolute atomic E-state index is 0.480. The van der Waals surface area contributed by atoms with Crippen molar-refractivity contribution in [1.82, 2.24) is 4.90 Å². The first-order chi connectivity index (χ1) is 12.1. The van der Waals surface area contributed by atoms with Crippen molar-refractivity contribution < 1.29 is 0 Å². The second-order valence-electron chi connectivity index (χ2n) is 7.04. The van der Waals surface area contributed by atoms with E-state index in [1.807, 2.05) is 11.8 Å². The summed E-state index contributed by atoms with van der Waals surface area (Å²) >= 11 is 1.90. The highest BCUT2D eigenvalue weighted by atomic mass is 32.2. The zero-order chi connectivity index (χ0) is 17.8. The van der Waals surface area contributed by atoms with Crippen LogP contribution in [-0.2, 0) is 6.42 Å². The number of nitrogens with two attached hydrogens (primary N) is 1. The molecule has 2 aromatic carbocycles. The average Bonchev–Trinajstić information content (AvgIpc) is 2.61. The molecule has 0 saturated carbocycles. The summed E-state index contributed by atoms with van der Waals surface area (Å²) < 4.78 is 0. The van der Waals surface area contributed by atoms with Gasteiger partial charge in [-0.1, -0.05) is 30.0 Å². The van der Waals surface area contributed by atoms with Crippen LogP contribution >= 0.6 is 11.8 Å². The molecular formula is C21H29N3S. The Morgan fingerprint density at radius 3 is 2.56 bits per heavy atom. The summed E-state index contributed by atoms with van der Waals surface area (Å²) in [4.78, 5) is 7.48. The van der Waals surface area contributed by atoms with E-state index in [2.05, 4.69) is 73.3 Å². The summed E-state index contributed by atoms with van der Waals surface area (Å²) in [5.74, 6) is 0. The van der Waals surface area contributed by atoms with Gasteiger partial charge in [-0.15, -0.1) is 0 Å². The van der Waals surface area contributed by atoms with Crippen molar-refractivity contribution >= 4 is 23.1 Å². The molecule has 0 amide bonds. The molecule has 0 spiro atoms. The maximum atomic E-state index is 5.63. The average molecular weight is 356 g/mol. The van der Waals surface area contributed by atoms with E-state index in [0.717, 1.165) is 32.4 Å². The monoisotopic (exact) mass is 355 g/mol. The molecule has 0 saturated heterocycles. The molecular weight excluding hydrogens is 326 g/mol. The Morgan fingerprint density at radius 2 is 1.80 bits per heavy atom. The third-order valence-corrected chi connectivity index (χ3v) is 6.05. The molecule has 1 aliphatic heterocycles. The van der Waals surface area contributed by atoms with E-state index in [1.54, 1.807) is 0 Å². The molecule has 3 rings (SSSR count). The van der Waals surface area contributed by atoms with Crippen LogP contribution in [0.5, 0.6) is 0 Å². The number of benzene rings is 2. The van der Waals surface area contributed by atoms with Gasteiger partial charge in [-0.25, -0.2) is 0 Å². The molecule has 0 fully saturated rings. The van der Waals surface area contributed by atoms with Crippen LogP contribution in [-0.4, -0.2) is 38.1 Å². The highest BCUT2D eigenvalue weighted by Crippen LogP contribution is 2.48. The predicted molar refractivity (Wildman–Crippen MR) is 109 cm³/mol. The van der Waals surface area contributed by atoms with Crippen molar-refractivity contribution in [3.05, 3.63) is 48.0 Å². The number of aryl methyl sites for hydroxylation is 1. The van der Waals surface area contributed by atoms with E-state index in [1.165, 1.54) is 26.7 Å². The van der Waals surface area contributed by atoms with Gasteiger partial charge in [0, 0.05) is 22.4 Å². The lowest BCUT2D eigenvalue weighted by Gasteiger charge is -2.36. The SMILES string of the molecule is CC(CN1c2ccccc2Sc2cc(CCCCN)ccc21)N(C)C. The summed E-state index contributed by atoms with van der Waals surface area (Å²) in [6, 6.07) is 16.2. The van der Waals surface area contributed by atoms with Gasteiger partial charge in [-0.2, -0.15) is 0 Å². The maximum absolute atomic E-state index is 5.63. The van der Waals surface area contributed by atoms with Crippen LogP contribution in [0.4, 0.5) is 11.4 Å². The zero-order valence-corrected chi connectivity index (χ0v) is 16.4. The number of rotatable bonds is 7. The van der Waals surface area contributed by atoms with E-state index in [0.29, 0.717) is 6.04 Å². The van der Waals surface area contributed by atoms with Crippen LogP contribution < -0.4 is 10.6 Å². The number of likely N-dealkylation sites (N-methyl/N-ethyl adjacent to an activating group) is 1. The van der Waals surface area contributed by atoms with Gasteiger partial charge in [-0.3, -0.25) is 0 Å². The highest BCUT2D eigenvalue weighted by Gasteiger charge is 2.25. The minimum atomic E-state index is 0.480. The second kappa shape index (κ2) is 8.26. The topological polar surface area (TPSA) is 32.5 Å². The Hall–Kier alpha value is -1.49. The summed E-state index contributed by atoms with van der Waals surface area (Å²) in [5, 5.41) is 0. The molecule has 1 aliphatic rings. The summed E-state index contributed by atoms with van der Waals surface area (Å²) in [6.07, 6.45) is 3.37. The third-order valence-electron chi connectivity index (χ3n) is 4.94. The molecule has 2 aromatic rings. The van der Waals surface area contributed by atoms with Gasteiger partial charge in [0.2, 0.25) is 0 Å². The first-order valence-electron chi connectivity index (χ1n) is 9.14. The van der Waals surface area contributed by atoms with Crippen LogP contribution in [0.25, 0.3) is 0 Å². The smallest absolute Gasteiger partial charge is 0.0553 e. The van der Waals surface area contributed by atoms with Gasteiger partial charge in [0.1, 0.15) is 0 Å². The molecule has 0 bridgehead atoms. The van der Waals surface area contributed by atoms with Crippen molar-refractivity contribution in [2.75, 3.05) is 32.1 Å². The fourth-order valence-corrected chi connectivity index (χ4v) is 4.29. The van der Waals surface area contributed by atoms with Gasteiger partial charge < -0.3 is 15.5 Å². The maximum Gasteiger partial charge on any atom is 0.0553 e. The third kappa shape index (κ3) is 4.20. The molecule has 0 aliphatic carbocycles. The van der Waals surface area contributed by atoms with Crippen molar-refractivity contribution in [1.29, 1.82) is 0 Å². The first kappa shape index (κ1) is 18.3. The van der Waals surface area contributed by atoms with Crippen LogP contribution in [0.15, 0.2) is 52.3 Å². The molecule has 4 heteroatoms. The normalized spacial score (nSPS) is 14.4. The van der Waals surface area contributed by atoms with E-state index in [-0.39, 0.29) is 0 Å². The Bertz CT molecular complexity index is 714. The van der Waals surface area contributed by atoms with Crippen molar-refractivity contribution in [3.63, 3.8) is 0 Å². The van der Waals surface area contributed by atoms with Gasteiger partial charge in [0.05, 0.1) is 11.4 Å². The van der Waals surface area contributed by atoms with Crippen LogP contribution in [0.2, 0.25) is 0 Å². The summed E-state index contributed by atoms with van der Waals surface area (Å²) in [5.41, 5.74) is 9.70. The van der Waals surface area contributed by atoms with Crippen molar-refractivity contribution in [2.24, 2.45) is 5.73 Å². The van der Waals surface area contributed by atoms with Gasteiger partial charge in [0.25, 0.3) is 0 Å². The number of nitrogens with zero attached hydrogens (tertiary/aromatic N) is 2. The molecule has 1 atom stereocenters. The Morgan fingerprint density at radius 1 is 1.04 bits per heavy atom. The van der Waals surface area contributed by atoms with Gasteiger partial charge in [0.15, 0.2) is 0 Å². The lowest BCUT2D eigenvalue weighted by Crippen LogP contribution is -2.37. The molecule has 134 valence electrons. The largest absolute Gasteiger partial charge is 0.338 e. The molecule has 3 nitrogen and oxygen atoms in total. The first-order valence-corrected chi connectivity index (χ1v) is 9.95. The fourth-order valence-electron chi connectivity index (χ4n) is 3.13. The lowest BCUT2D eigenvalue weighted by atomic mass is 10.1.